The van der Waals surface area contributed by atoms with Crippen LogP contribution in [0.4, 0.5) is 23.7 Å². The third-order valence-electron chi connectivity index (χ3n) is 2.39. The highest BCUT2D eigenvalue weighted by molar-refractivity contribution is 5.96. The number of nitrogens with zero attached hydrogens (tertiary/aromatic N) is 2. The van der Waals surface area contributed by atoms with Gasteiger partial charge in [-0.25, -0.2) is 9.80 Å². The van der Waals surface area contributed by atoms with E-state index in [4.69, 9.17) is 0 Å². The summed E-state index contributed by atoms with van der Waals surface area (Å²) in [7, 11) is 0. The maximum atomic E-state index is 12.3. The summed E-state index contributed by atoms with van der Waals surface area (Å²) < 4.78 is 37.0. The molecule has 4 nitrogen and oxygen atoms in total. The molecule has 1 aromatic carbocycles. The molecule has 0 aromatic heterocycles. The van der Waals surface area contributed by atoms with E-state index < -0.39 is 17.9 Å². The van der Waals surface area contributed by atoms with E-state index in [9.17, 15) is 18.0 Å². The summed E-state index contributed by atoms with van der Waals surface area (Å²) in [6, 6.07) is 7.81. The molecular formula is C11H10F3N3O. The second-order valence-corrected chi connectivity index (χ2v) is 3.71. The van der Waals surface area contributed by atoms with Crippen LogP contribution in [0.1, 0.15) is 6.42 Å². The van der Waals surface area contributed by atoms with Crippen LogP contribution >= 0.6 is 0 Å². The van der Waals surface area contributed by atoms with Gasteiger partial charge < -0.3 is 5.32 Å². The van der Waals surface area contributed by atoms with Gasteiger partial charge in [-0.05, 0) is 12.1 Å². The molecule has 0 saturated heterocycles. The first-order valence-electron chi connectivity index (χ1n) is 5.25. The van der Waals surface area contributed by atoms with Crippen molar-refractivity contribution >= 4 is 17.4 Å². The van der Waals surface area contributed by atoms with Crippen LogP contribution in [0.3, 0.4) is 0 Å². The van der Waals surface area contributed by atoms with Gasteiger partial charge in [0.05, 0.1) is 6.54 Å². The van der Waals surface area contributed by atoms with E-state index in [-0.39, 0.29) is 13.0 Å². The van der Waals surface area contributed by atoms with Gasteiger partial charge >= 0.3 is 12.2 Å². The van der Waals surface area contributed by atoms with E-state index in [0.29, 0.717) is 5.69 Å². The normalized spacial score (nSPS) is 15.5. The Morgan fingerprint density at radius 3 is 2.50 bits per heavy atom. The third kappa shape index (κ3) is 2.79. The number of rotatable bonds is 1. The molecule has 0 fully saturated rings. The average molecular weight is 257 g/mol. The number of amides is 2. The first-order valence-corrected chi connectivity index (χ1v) is 5.25. The number of hydrogen-bond donors (Lipinski definition) is 1. The molecule has 18 heavy (non-hydrogen) atoms. The van der Waals surface area contributed by atoms with Crippen molar-refractivity contribution in [1.82, 2.24) is 5.01 Å². The minimum Gasteiger partial charge on any atom is -0.306 e. The van der Waals surface area contributed by atoms with Crippen molar-refractivity contribution in [2.45, 2.75) is 12.6 Å². The summed E-state index contributed by atoms with van der Waals surface area (Å²) in [5.41, 5.74) is -0.413. The van der Waals surface area contributed by atoms with Crippen molar-refractivity contribution in [3.63, 3.8) is 0 Å². The van der Waals surface area contributed by atoms with Crippen LogP contribution in [-0.2, 0) is 0 Å². The maximum Gasteiger partial charge on any atom is 0.431 e. The van der Waals surface area contributed by atoms with Crippen molar-refractivity contribution in [2.24, 2.45) is 5.10 Å². The van der Waals surface area contributed by atoms with Crippen molar-refractivity contribution in [2.75, 3.05) is 11.9 Å². The second kappa shape index (κ2) is 4.67. The summed E-state index contributed by atoms with van der Waals surface area (Å²) in [4.78, 5) is 11.6. The number of benzene rings is 1. The molecule has 2 amide bonds. The maximum absolute atomic E-state index is 12.3. The number of hydrogen-bond acceptors (Lipinski definition) is 2. The van der Waals surface area contributed by atoms with Crippen LogP contribution < -0.4 is 5.32 Å². The van der Waals surface area contributed by atoms with Gasteiger partial charge in [-0.15, -0.1) is 0 Å². The predicted octanol–water partition coefficient (Wildman–Crippen LogP) is 2.84. The molecule has 1 heterocycles. The summed E-state index contributed by atoms with van der Waals surface area (Å²) in [6.07, 6.45) is -4.74. The number of para-hydroxylation sites is 1. The minimum atomic E-state index is -4.47. The smallest absolute Gasteiger partial charge is 0.306 e. The molecule has 0 spiro atoms. The monoisotopic (exact) mass is 257 g/mol. The number of carbonyl (C=O) groups is 1. The van der Waals surface area contributed by atoms with E-state index in [0.717, 1.165) is 5.01 Å². The van der Waals surface area contributed by atoms with Crippen molar-refractivity contribution in [3.05, 3.63) is 30.3 Å². The van der Waals surface area contributed by atoms with Crippen LogP contribution in [0.2, 0.25) is 0 Å². The Kier molecular flexibility index (Phi) is 3.22. The first-order chi connectivity index (χ1) is 8.47. The average Bonchev–Trinajstić information content (AvgIpc) is 2.79. The lowest BCUT2D eigenvalue weighted by Crippen LogP contribution is -2.28. The quantitative estimate of drug-likeness (QED) is 0.826. The van der Waals surface area contributed by atoms with Gasteiger partial charge in [0.15, 0.2) is 0 Å². The molecule has 1 aliphatic rings. The standard InChI is InChI=1S/C11H10F3N3O/c12-11(13,14)9-6-7-17(16-9)10(18)15-8-4-2-1-3-5-8/h1-5H,6-7H2,(H,15,18). The van der Waals surface area contributed by atoms with Gasteiger partial charge in [-0.2, -0.15) is 18.3 Å². The zero-order valence-electron chi connectivity index (χ0n) is 9.24. The van der Waals surface area contributed by atoms with E-state index in [1.807, 2.05) is 0 Å². The highest BCUT2D eigenvalue weighted by atomic mass is 19.4. The fourth-order valence-electron chi connectivity index (χ4n) is 1.51. The largest absolute Gasteiger partial charge is 0.431 e. The number of urea groups is 1. The fourth-order valence-corrected chi connectivity index (χ4v) is 1.51. The van der Waals surface area contributed by atoms with E-state index >= 15 is 0 Å². The number of nitrogens with one attached hydrogen (secondary N) is 1. The number of hydrazone groups is 1. The molecule has 0 atom stereocenters. The topological polar surface area (TPSA) is 44.7 Å². The Morgan fingerprint density at radius 2 is 1.94 bits per heavy atom. The second-order valence-electron chi connectivity index (χ2n) is 3.71. The van der Waals surface area contributed by atoms with Crippen LogP contribution in [0.15, 0.2) is 35.4 Å². The lowest BCUT2D eigenvalue weighted by Gasteiger charge is -2.12. The highest BCUT2D eigenvalue weighted by Gasteiger charge is 2.39. The molecule has 0 bridgehead atoms. The van der Waals surface area contributed by atoms with E-state index in [2.05, 4.69) is 10.4 Å². The molecule has 1 aliphatic heterocycles. The van der Waals surface area contributed by atoms with Gasteiger partial charge in [0.2, 0.25) is 0 Å². The van der Waals surface area contributed by atoms with Gasteiger partial charge in [0.1, 0.15) is 5.71 Å². The minimum absolute atomic E-state index is 0.0620. The van der Waals surface area contributed by atoms with E-state index in [1.54, 1.807) is 30.3 Å². The Bertz CT molecular complexity index is 470. The van der Waals surface area contributed by atoms with Gasteiger partial charge in [0.25, 0.3) is 0 Å². The van der Waals surface area contributed by atoms with E-state index in [1.165, 1.54) is 0 Å². The van der Waals surface area contributed by atoms with Crippen LogP contribution in [0.25, 0.3) is 0 Å². The van der Waals surface area contributed by atoms with Crippen LogP contribution in [-0.4, -0.2) is 29.5 Å². The first kappa shape index (κ1) is 12.4. The van der Waals surface area contributed by atoms with Crippen LogP contribution in [0.5, 0.6) is 0 Å². The Balaban J connectivity index is 2.02. The molecule has 0 radical (unpaired) electrons. The number of alkyl halides is 3. The summed E-state index contributed by atoms with van der Waals surface area (Å²) in [5, 5.41) is 6.52. The molecule has 2 rings (SSSR count). The number of halogens is 3. The molecule has 0 aliphatic carbocycles. The van der Waals surface area contributed by atoms with Crippen LogP contribution in [0, 0.1) is 0 Å². The highest BCUT2D eigenvalue weighted by Crippen LogP contribution is 2.24. The molecule has 1 aromatic rings. The Hall–Kier alpha value is -2.05. The number of anilines is 1. The molecule has 7 heteroatoms. The van der Waals surface area contributed by atoms with Gasteiger partial charge in [-0.1, -0.05) is 18.2 Å². The van der Waals surface area contributed by atoms with Crippen molar-refractivity contribution in [3.8, 4) is 0 Å². The SMILES string of the molecule is O=C(Nc1ccccc1)N1CCC(C(F)(F)F)=N1. The molecule has 0 saturated carbocycles. The summed E-state index contributed by atoms with van der Waals surface area (Å²) in [6.45, 7) is -0.0620. The Morgan fingerprint density at radius 1 is 1.28 bits per heavy atom. The van der Waals surface area contributed by atoms with Gasteiger partial charge in [0, 0.05) is 12.1 Å². The van der Waals surface area contributed by atoms with Crippen molar-refractivity contribution in [1.29, 1.82) is 0 Å². The fraction of sp³-hybridized carbons (Fsp3) is 0.273. The lowest BCUT2D eigenvalue weighted by molar-refractivity contribution is -0.0599. The van der Waals surface area contributed by atoms with Crippen molar-refractivity contribution < 1.29 is 18.0 Å². The van der Waals surface area contributed by atoms with Gasteiger partial charge in [-0.3, -0.25) is 0 Å². The zero-order valence-corrected chi connectivity index (χ0v) is 9.24. The molecule has 0 unspecified atom stereocenters. The molecule has 96 valence electrons. The third-order valence-corrected chi connectivity index (χ3v) is 2.39. The summed E-state index contributed by atoms with van der Waals surface area (Å²) >= 11 is 0. The number of carbonyl (C=O) groups excluding carboxylic acids is 1. The lowest BCUT2D eigenvalue weighted by atomic mass is 10.3. The molecule has 1 N–H and O–H groups in total. The molecular weight excluding hydrogens is 247 g/mol. The Labute approximate surface area is 101 Å². The summed E-state index contributed by atoms with van der Waals surface area (Å²) in [5.74, 6) is 0. The zero-order chi connectivity index (χ0) is 13.2. The predicted molar refractivity (Wildman–Crippen MR) is 60.3 cm³/mol.